The van der Waals surface area contributed by atoms with Gasteiger partial charge >= 0.3 is 0 Å². The summed E-state index contributed by atoms with van der Waals surface area (Å²) in [6.45, 7) is 9.06. The van der Waals surface area contributed by atoms with Crippen molar-refractivity contribution in [3.8, 4) is 5.75 Å². The number of amides is 1. The van der Waals surface area contributed by atoms with E-state index in [1.165, 1.54) is 0 Å². The van der Waals surface area contributed by atoms with E-state index in [1.54, 1.807) is 7.11 Å². The lowest BCUT2D eigenvalue weighted by Crippen LogP contribution is -2.43. The van der Waals surface area contributed by atoms with Gasteiger partial charge in [0.15, 0.2) is 0 Å². The molecular weight excluding hydrogens is 252 g/mol. The van der Waals surface area contributed by atoms with Crippen LogP contribution in [0.2, 0.25) is 0 Å². The first-order valence-electron chi connectivity index (χ1n) is 7.11. The first kappa shape index (κ1) is 14.9. The van der Waals surface area contributed by atoms with Crippen LogP contribution in [-0.2, 0) is 4.79 Å². The number of rotatable bonds is 2. The topological polar surface area (TPSA) is 32.8 Å². The summed E-state index contributed by atoms with van der Waals surface area (Å²) in [6, 6.07) is 7.69. The fourth-order valence-electron chi connectivity index (χ4n) is 2.53. The largest absolute Gasteiger partial charge is 0.497 e. The summed E-state index contributed by atoms with van der Waals surface area (Å²) >= 11 is 0. The number of carbonyl (C=O) groups is 1. The lowest BCUT2D eigenvalue weighted by atomic mass is 10.1. The third-order valence-corrected chi connectivity index (χ3v) is 3.82. The van der Waals surface area contributed by atoms with Gasteiger partial charge in [-0.3, -0.25) is 9.69 Å². The SMILES string of the molecule is COc1ccc(N2CCN(C(C)(C)C)CCC2=O)cc1. The molecule has 1 aliphatic rings. The van der Waals surface area contributed by atoms with Gasteiger partial charge in [-0.2, -0.15) is 0 Å². The minimum atomic E-state index is 0.107. The number of hydrogen-bond donors (Lipinski definition) is 0. The van der Waals surface area contributed by atoms with E-state index in [2.05, 4.69) is 25.7 Å². The first-order valence-corrected chi connectivity index (χ1v) is 7.11. The molecule has 0 spiro atoms. The molecule has 110 valence electrons. The molecule has 1 aromatic carbocycles. The van der Waals surface area contributed by atoms with Crippen LogP contribution >= 0.6 is 0 Å². The Morgan fingerprint density at radius 1 is 1.05 bits per heavy atom. The molecule has 2 rings (SSSR count). The zero-order valence-electron chi connectivity index (χ0n) is 12.8. The van der Waals surface area contributed by atoms with Crippen molar-refractivity contribution in [2.24, 2.45) is 0 Å². The summed E-state index contributed by atoms with van der Waals surface area (Å²) in [5, 5.41) is 0. The van der Waals surface area contributed by atoms with Crippen LogP contribution in [0.5, 0.6) is 5.75 Å². The lowest BCUT2D eigenvalue weighted by molar-refractivity contribution is -0.118. The molecular formula is C16H24N2O2. The van der Waals surface area contributed by atoms with Gasteiger partial charge in [-0.15, -0.1) is 0 Å². The summed E-state index contributed by atoms with van der Waals surface area (Å²) < 4.78 is 5.16. The molecule has 0 atom stereocenters. The van der Waals surface area contributed by atoms with Gasteiger partial charge in [0, 0.05) is 37.3 Å². The smallest absolute Gasteiger partial charge is 0.228 e. The van der Waals surface area contributed by atoms with E-state index in [4.69, 9.17) is 4.74 Å². The van der Waals surface area contributed by atoms with Crippen molar-refractivity contribution in [3.05, 3.63) is 24.3 Å². The molecule has 0 aromatic heterocycles. The highest BCUT2D eigenvalue weighted by atomic mass is 16.5. The molecule has 20 heavy (non-hydrogen) atoms. The van der Waals surface area contributed by atoms with Crippen molar-refractivity contribution in [1.82, 2.24) is 4.90 Å². The zero-order valence-corrected chi connectivity index (χ0v) is 12.8. The van der Waals surface area contributed by atoms with Crippen LogP contribution in [0.1, 0.15) is 27.2 Å². The van der Waals surface area contributed by atoms with E-state index in [0.717, 1.165) is 31.1 Å². The molecule has 4 heteroatoms. The van der Waals surface area contributed by atoms with E-state index in [1.807, 2.05) is 29.2 Å². The average Bonchev–Trinajstić information content (AvgIpc) is 2.60. The number of nitrogens with zero attached hydrogens (tertiary/aromatic N) is 2. The Morgan fingerprint density at radius 2 is 1.70 bits per heavy atom. The van der Waals surface area contributed by atoms with Gasteiger partial charge < -0.3 is 9.64 Å². The maximum Gasteiger partial charge on any atom is 0.228 e. The van der Waals surface area contributed by atoms with Crippen molar-refractivity contribution in [1.29, 1.82) is 0 Å². The Morgan fingerprint density at radius 3 is 2.25 bits per heavy atom. The molecule has 0 saturated carbocycles. The van der Waals surface area contributed by atoms with Gasteiger partial charge in [0.1, 0.15) is 5.75 Å². The second-order valence-corrected chi connectivity index (χ2v) is 6.15. The highest BCUT2D eigenvalue weighted by Gasteiger charge is 2.27. The molecule has 1 amide bonds. The summed E-state index contributed by atoms with van der Waals surface area (Å²) in [5.41, 5.74) is 1.06. The zero-order chi connectivity index (χ0) is 14.8. The maximum atomic E-state index is 12.3. The summed E-state index contributed by atoms with van der Waals surface area (Å²) in [7, 11) is 1.65. The average molecular weight is 276 g/mol. The van der Waals surface area contributed by atoms with Crippen molar-refractivity contribution in [2.75, 3.05) is 31.6 Å². The number of ether oxygens (including phenoxy) is 1. The highest BCUT2D eigenvalue weighted by molar-refractivity contribution is 5.93. The van der Waals surface area contributed by atoms with E-state index in [0.29, 0.717) is 6.42 Å². The molecule has 4 nitrogen and oxygen atoms in total. The highest BCUT2D eigenvalue weighted by Crippen LogP contribution is 2.23. The second kappa shape index (κ2) is 5.83. The van der Waals surface area contributed by atoms with Crippen molar-refractivity contribution < 1.29 is 9.53 Å². The normalized spacial score (nSPS) is 18.0. The Hall–Kier alpha value is -1.55. The molecule has 0 aliphatic carbocycles. The standard InChI is InChI=1S/C16H24N2O2/c1-16(2,3)17-10-9-15(19)18(12-11-17)13-5-7-14(20-4)8-6-13/h5-8H,9-12H2,1-4H3. The predicted molar refractivity (Wildman–Crippen MR) is 81.3 cm³/mol. The van der Waals surface area contributed by atoms with Crippen molar-refractivity contribution >= 4 is 11.6 Å². The summed E-state index contributed by atoms with van der Waals surface area (Å²) in [5.74, 6) is 1.01. The van der Waals surface area contributed by atoms with Crippen LogP contribution in [-0.4, -0.2) is 43.1 Å². The van der Waals surface area contributed by atoms with Crippen LogP contribution in [0.15, 0.2) is 24.3 Å². The van der Waals surface area contributed by atoms with Gasteiger partial charge in [-0.05, 0) is 45.0 Å². The molecule has 0 radical (unpaired) electrons. The van der Waals surface area contributed by atoms with Crippen LogP contribution in [0.25, 0.3) is 0 Å². The third-order valence-electron chi connectivity index (χ3n) is 3.82. The molecule has 1 saturated heterocycles. The number of hydrogen-bond acceptors (Lipinski definition) is 3. The summed E-state index contributed by atoms with van der Waals surface area (Å²) in [6.07, 6.45) is 0.573. The quantitative estimate of drug-likeness (QED) is 0.832. The Kier molecular flexibility index (Phi) is 4.33. The number of methoxy groups -OCH3 is 1. The third kappa shape index (κ3) is 3.31. The van der Waals surface area contributed by atoms with Crippen LogP contribution in [0, 0.1) is 0 Å². The number of carbonyl (C=O) groups excluding carboxylic acids is 1. The molecule has 1 aliphatic heterocycles. The van der Waals surface area contributed by atoms with Crippen LogP contribution < -0.4 is 9.64 Å². The van der Waals surface area contributed by atoms with E-state index >= 15 is 0 Å². The second-order valence-electron chi connectivity index (χ2n) is 6.15. The number of benzene rings is 1. The van der Waals surface area contributed by atoms with E-state index in [9.17, 15) is 4.79 Å². The monoisotopic (exact) mass is 276 g/mol. The minimum Gasteiger partial charge on any atom is -0.497 e. The predicted octanol–water partition coefficient (Wildman–Crippen LogP) is 2.53. The van der Waals surface area contributed by atoms with Crippen LogP contribution in [0.4, 0.5) is 5.69 Å². The Balaban J connectivity index is 2.13. The molecule has 0 unspecified atom stereocenters. The molecule has 1 aromatic rings. The lowest BCUT2D eigenvalue weighted by Gasteiger charge is -2.34. The van der Waals surface area contributed by atoms with E-state index < -0.39 is 0 Å². The van der Waals surface area contributed by atoms with Crippen LogP contribution in [0.3, 0.4) is 0 Å². The first-order chi connectivity index (χ1) is 9.41. The van der Waals surface area contributed by atoms with Gasteiger partial charge in [-0.1, -0.05) is 0 Å². The summed E-state index contributed by atoms with van der Waals surface area (Å²) in [4.78, 5) is 16.6. The molecule has 1 heterocycles. The fourth-order valence-corrected chi connectivity index (χ4v) is 2.53. The van der Waals surface area contributed by atoms with Gasteiger partial charge in [0.05, 0.1) is 7.11 Å². The molecule has 1 fully saturated rings. The van der Waals surface area contributed by atoms with Crippen molar-refractivity contribution in [2.45, 2.75) is 32.7 Å². The van der Waals surface area contributed by atoms with Crippen molar-refractivity contribution in [3.63, 3.8) is 0 Å². The molecule has 0 bridgehead atoms. The Bertz CT molecular complexity index is 462. The van der Waals surface area contributed by atoms with Gasteiger partial charge in [0.25, 0.3) is 0 Å². The van der Waals surface area contributed by atoms with Gasteiger partial charge in [-0.25, -0.2) is 0 Å². The van der Waals surface area contributed by atoms with Gasteiger partial charge in [0.2, 0.25) is 5.91 Å². The fraction of sp³-hybridized carbons (Fsp3) is 0.562. The van der Waals surface area contributed by atoms with E-state index in [-0.39, 0.29) is 11.4 Å². The number of anilines is 1. The molecule has 0 N–H and O–H groups in total. The maximum absolute atomic E-state index is 12.3. The Labute approximate surface area is 121 Å². The minimum absolute atomic E-state index is 0.107.